The lowest BCUT2D eigenvalue weighted by Gasteiger charge is -2.26. The van der Waals surface area contributed by atoms with Crippen molar-refractivity contribution >= 4 is 11.9 Å². The number of hydrogen-bond donors (Lipinski definition) is 3. The quantitative estimate of drug-likeness (QED) is 0.468. The van der Waals surface area contributed by atoms with E-state index in [1.165, 1.54) is 0 Å². The van der Waals surface area contributed by atoms with E-state index in [-0.39, 0.29) is 29.3 Å². The maximum absolute atomic E-state index is 13.1. The summed E-state index contributed by atoms with van der Waals surface area (Å²) in [7, 11) is 0. The molecule has 0 saturated carbocycles. The molecule has 3 aromatic rings. The number of aryl methyl sites for hydroxylation is 1. The Balaban J connectivity index is 1.43. The molecule has 1 aliphatic heterocycles. The Morgan fingerprint density at radius 1 is 1.09 bits per heavy atom. The van der Waals surface area contributed by atoms with Gasteiger partial charge in [-0.05, 0) is 91.4 Å². The van der Waals surface area contributed by atoms with E-state index >= 15 is 0 Å². The summed E-state index contributed by atoms with van der Waals surface area (Å²) in [6, 6.07) is 19.9. The Morgan fingerprint density at radius 3 is 2.56 bits per heavy atom. The van der Waals surface area contributed by atoms with Crippen molar-refractivity contribution in [3.05, 3.63) is 89.0 Å². The Hall–Kier alpha value is -3.64. The number of carboxylic acids is 1. The molecule has 0 bridgehead atoms. The molecule has 6 nitrogen and oxygen atoms in total. The number of nitrogens with one attached hydrogen (secondary N) is 1. The minimum atomic E-state index is -0.963. The lowest BCUT2D eigenvalue weighted by Crippen LogP contribution is -2.43. The van der Waals surface area contributed by atoms with Gasteiger partial charge in [0, 0.05) is 6.54 Å². The highest BCUT2D eigenvalue weighted by molar-refractivity contribution is 5.87. The second-order valence-electron chi connectivity index (χ2n) is 8.99. The molecule has 1 aliphatic rings. The predicted molar refractivity (Wildman–Crippen MR) is 132 cm³/mol. The van der Waals surface area contributed by atoms with Crippen molar-refractivity contribution in [2.75, 3.05) is 6.54 Å². The summed E-state index contributed by atoms with van der Waals surface area (Å²) in [6.45, 7) is 5.45. The fraction of sp³-hybridized carbons (Fsp3) is 0.286. The van der Waals surface area contributed by atoms with Gasteiger partial charge in [0.2, 0.25) is 5.91 Å². The van der Waals surface area contributed by atoms with Crippen molar-refractivity contribution in [2.24, 2.45) is 0 Å². The van der Waals surface area contributed by atoms with Gasteiger partial charge >= 0.3 is 5.97 Å². The number of likely N-dealkylation sites (tertiary alicyclic amines) is 1. The number of carboxylic acid groups (broad SMARTS) is 1. The van der Waals surface area contributed by atoms with Crippen LogP contribution in [0.4, 0.5) is 0 Å². The first kappa shape index (κ1) is 23.5. The van der Waals surface area contributed by atoms with Gasteiger partial charge in [0.15, 0.2) is 0 Å². The highest BCUT2D eigenvalue weighted by Crippen LogP contribution is 2.28. The summed E-state index contributed by atoms with van der Waals surface area (Å²) in [4.78, 5) is 26.4. The van der Waals surface area contributed by atoms with E-state index in [0.29, 0.717) is 6.54 Å². The van der Waals surface area contributed by atoms with Crippen LogP contribution >= 0.6 is 0 Å². The van der Waals surface area contributed by atoms with Crippen LogP contribution in [0.3, 0.4) is 0 Å². The summed E-state index contributed by atoms with van der Waals surface area (Å²) in [5.41, 5.74) is 5.43. The smallest absolute Gasteiger partial charge is 0.335 e. The van der Waals surface area contributed by atoms with Crippen LogP contribution in [0.25, 0.3) is 11.1 Å². The van der Waals surface area contributed by atoms with E-state index < -0.39 is 5.97 Å². The standard InChI is InChI=1S/C28H30N2O4/c1-18-15-24(31)12-13-25(18)23-6-3-5-20(16-23)17-30-14-4-7-26(30)27(32)29-19(2)21-8-10-22(11-9-21)28(33)34/h3,5-6,8-13,15-16,19,26,31H,4,7,14,17H2,1-2H3,(H,29,32)(H,33,34)/t19-,26+/m0/s1. The van der Waals surface area contributed by atoms with E-state index in [1.807, 2.05) is 26.0 Å². The molecule has 0 radical (unpaired) electrons. The van der Waals surface area contributed by atoms with Crippen molar-refractivity contribution in [3.63, 3.8) is 0 Å². The molecular weight excluding hydrogens is 428 g/mol. The Bertz CT molecular complexity index is 1190. The first-order chi connectivity index (χ1) is 16.3. The first-order valence-electron chi connectivity index (χ1n) is 11.6. The third kappa shape index (κ3) is 5.29. The van der Waals surface area contributed by atoms with Crippen LogP contribution in [0, 0.1) is 6.92 Å². The van der Waals surface area contributed by atoms with Gasteiger partial charge in [0.1, 0.15) is 5.75 Å². The van der Waals surface area contributed by atoms with Gasteiger partial charge in [-0.2, -0.15) is 0 Å². The molecule has 1 fully saturated rings. The third-order valence-corrected chi connectivity index (χ3v) is 6.52. The molecule has 34 heavy (non-hydrogen) atoms. The van der Waals surface area contributed by atoms with Gasteiger partial charge < -0.3 is 15.5 Å². The van der Waals surface area contributed by atoms with Gasteiger partial charge in [-0.1, -0.05) is 36.4 Å². The topological polar surface area (TPSA) is 89.9 Å². The predicted octanol–water partition coefficient (Wildman–Crippen LogP) is 4.91. The maximum atomic E-state index is 13.1. The van der Waals surface area contributed by atoms with Crippen molar-refractivity contribution in [1.82, 2.24) is 10.2 Å². The summed E-state index contributed by atoms with van der Waals surface area (Å²) in [5.74, 6) is -0.706. The number of carbonyl (C=O) groups excluding carboxylic acids is 1. The molecule has 1 saturated heterocycles. The van der Waals surface area contributed by atoms with Crippen molar-refractivity contribution < 1.29 is 19.8 Å². The third-order valence-electron chi connectivity index (χ3n) is 6.52. The summed E-state index contributed by atoms with van der Waals surface area (Å²) in [6.07, 6.45) is 1.78. The highest BCUT2D eigenvalue weighted by Gasteiger charge is 2.31. The number of nitrogens with zero attached hydrogens (tertiary/aromatic N) is 1. The number of aromatic hydroxyl groups is 1. The molecule has 6 heteroatoms. The molecule has 3 N–H and O–H groups in total. The molecule has 176 valence electrons. The van der Waals surface area contributed by atoms with Crippen LogP contribution in [0.2, 0.25) is 0 Å². The Morgan fingerprint density at radius 2 is 1.85 bits per heavy atom. The Labute approximate surface area is 199 Å². The number of carbonyl (C=O) groups is 2. The molecule has 0 aromatic heterocycles. The lowest BCUT2D eigenvalue weighted by molar-refractivity contribution is -0.126. The summed E-state index contributed by atoms with van der Waals surface area (Å²) >= 11 is 0. The van der Waals surface area contributed by atoms with Crippen LogP contribution in [-0.2, 0) is 11.3 Å². The normalized spacial score (nSPS) is 16.8. The number of phenolic OH excluding ortho intramolecular Hbond substituents is 1. The second-order valence-corrected chi connectivity index (χ2v) is 8.99. The summed E-state index contributed by atoms with van der Waals surface area (Å²) in [5, 5.41) is 21.9. The zero-order chi connectivity index (χ0) is 24.2. The number of phenols is 1. The molecular formula is C28H30N2O4. The minimum absolute atomic E-state index is 0.00200. The molecule has 1 heterocycles. The minimum Gasteiger partial charge on any atom is -0.508 e. The first-order valence-corrected chi connectivity index (χ1v) is 11.6. The van der Waals surface area contributed by atoms with Crippen LogP contribution in [0.15, 0.2) is 66.7 Å². The van der Waals surface area contributed by atoms with Crippen LogP contribution in [0.5, 0.6) is 5.75 Å². The highest BCUT2D eigenvalue weighted by atomic mass is 16.4. The van der Waals surface area contributed by atoms with E-state index in [0.717, 1.165) is 47.2 Å². The van der Waals surface area contributed by atoms with Crippen molar-refractivity contribution in [1.29, 1.82) is 0 Å². The average molecular weight is 459 g/mol. The van der Waals surface area contributed by atoms with Gasteiger partial charge in [-0.15, -0.1) is 0 Å². The number of hydrogen-bond acceptors (Lipinski definition) is 4. The van der Waals surface area contributed by atoms with E-state index in [2.05, 4.69) is 28.4 Å². The lowest BCUT2D eigenvalue weighted by atomic mass is 9.98. The van der Waals surface area contributed by atoms with Crippen LogP contribution in [0.1, 0.15) is 52.9 Å². The van der Waals surface area contributed by atoms with Crippen LogP contribution in [-0.4, -0.2) is 39.6 Å². The average Bonchev–Trinajstić information content (AvgIpc) is 3.27. The van der Waals surface area contributed by atoms with E-state index in [9.17, 15) is 14.7 Å². The van der Waals surface area contributed by atoms with Crippen molar-refractivity contribution in [2.45, 2.75) is 45.3 Å². The second kappa shape index (κ2) is 10.1. The molecule has 0 spiro atoms. The Kier molecular flexibility index (Phi) is 6.98. The number of amides is 1. The van der Waals surface area contributed by atoms with Gasteiger partial charge in [-0.3, -0.25) is 9.69 Å². The number of aromatic carboxylic acids is 1. The van der Waals surface area contributed by atoms with Gasteiger partial charge in [-0.25, -0.2) is 4.79 Å². The SMILES string of the molecule is Cc1cc(O)ccc1-c1cccc(CN2CCC[C@@H]2C(=O)N[C@@H](C)c2ccc(C(=O)O)cc2)c1. The van der Waals surface area contributed by atoms with Gasteiger partial charge in [0.25, 0.3) is 0 Å². The molecule has 0 aliphatic carbocycles. The largest absolute Gasteiger partial charge is 0.508 e. The maximum Gasteiger partial charge on any atom is 0.335 e. The molecule has 0 unspecified atom stereocenters. The van der Waals surface area contributed by atoms with E-state index in [1.54, 1.807) is 36.4 Å². The number of rotatable bonds is 7. The monoisotopic (exact) mass is 458 g/mol. The molecule has 2 atom stereocenters. The zero-order valence-corrected chi connectivity index (χ0v) is 19.5. The zero-order valence-electron chi connectivity index (χ0n) is 19.5. The van der Waals surface area contributed by atoms with E-state index in [4.69, 9.17) is 5.11 Å². The fourth-order valence-corrected chi connectivity index (χ4v) is 4.66. The molecule has 4 rings (SSSR count). The van der Waals surface area contributed by atoms with Gasteiger partial charge in [0.05, 0.1) is 17.6 Å². The molecule has 1 amide bonds. The van der Waals surface area contributed by atoms with Crippen LogP contribution < -0.4 is 5.32 Å². The van der Waals surface area contributed by atoms with Crippen molar-refractivity contribution in [3.8, 4) is 16.9 Å². The molecule has 3 aromatic carbocycles. The fourth-order valence-electron chi connectivity index (χ4n) is 4.66. The summed E-state index contributed by atoms with van der Waals surface area (Å²) < 4.78 is 0. The number of benzene rings is 3.